The standard InChI is InChI=1S/C16H23F5O/c1-10-2-4-11(5-3-10)14(17)15(18)12-6-8-13(9-7-12)22-16(19,20)21/h10-13H,2-9H2,1H3/b15-14+. The van der Waals surface area contributed by atoms with Crippen molar-refractivity contribution < 1.29 is 26.7 Å². The Morgan fingerprint density at radius 2 is 1.18 bits per heavy atom. The molecule has 1 nitrogen and oxygen atoms in total. The van der Waals surface area contributed by atoms with Crippen molar-refractivity contribution in [2.45, 2.75) is 70.8 Å². The predicted octanol–water partition coefficient (Wildman–Crippen LogP) is 6.06. The summed E-state index contributed by atoms with van der Waals surface area (Å²) in [6.07, 6.45) is -1.81. The lowest BCUT2D eigenvalue weighted by molar-refractivity contribution is -0.345. The highest BCUT2D eigenvalue weighted by molar-refractivity contribution is 5.09. The lowest BCUT2D eigenvalue weighted by atomic mass is 9.80. The number of halogens is 5. The third-order valence-corrected chi connectivity index (χ3v) is 4.94. The van der Waals surface area contributed by atoms with Crippen molar-refractivity contribution in [2.75, 3.05) is 0 Å². The fraction of sp³-hybridized carbons (Fsp3) is 0.875. The van der Waals surface area contributed by atoms with E-state index in [0.29, 0.717) is 18.8 Å². The van der Waals surface area contributed by atoms with Crippen LogP contribution in [-0.2, 0) is 4.74 Å². The molecular formula is C16H23F5O. The van der Waals surface area contributed by atoms with E-state index in [4.69, 9.17) is 0 Å². The maximum Gasteiger partial charge on any atom is 0.522 e. The molecule has 128 valence electrons. The minimum atomic E-state index is -4.66. The van der Waals surface area contributed by atoms with Gasteiger partial charge in [-0.05, 0) is 44.4 Å². The van der Waals surface area contributed by atoms with E-state index in [9.17, 15) is 22.0 Å². The Morgan fingerprint density at radius 3 is 1.59 bits per heavy atom. The van der Waals surface area contributed by atoms with Crippen LogP contribution in [0.25, 0.3) is 0 Å². The zero-order chi connectivity index (χ0) is 16.3. The second-order valence-electron chi connectivity index (χ2n) is 6.69. The molecule has 0 aromatic rings. The molecule has 0 aromatic carbocycles. The monoisotopic (exact) mass is 326 g/mol. The van der Waals surface area contributed by atoms with Crippen LogP contribution in [0.1, 0.15) is 58.3 Å². The van der Waals surface area contributed by atoms with Crippen LogP contribution in [0.2, 0.25) is 0 Å². The molecule has 0 radical (unpaired) electrons. The first kappa shape index (κ1) is 17.7. The summed E-state index contributed by atoms with van der Waals surface area (Å²) in [5, 5.41) is 0. The number of alkyl halides is 3. The Balaban J connectivity index is 1.88. The van der Waals surface area contributed by atoms with Crippen molar-refractivity contribution in [3.8, 4) is 0 Å². The largest absolute Gasteiger partial charge is 0.522 e. The van der Waals surface area contributed by atoms with E-state index in [2.05, 4.69) is 11.7 Å². The molecule has 0 unspecified atom stereocenters. The van der Waals surface area contributed by atoms with E-state index < -0.39 is 30.0 Å². The number of hydrogen-bond acceptors (Lipinski definition) is 1. The summed E-state index contributed by atoms with van der Waals surface area (Å²) in [5.41, 5.74) is 0. The lowest BCUT2D eigenvalue weighted by Gasteiger charge is -2.30. The van der Waals surface area contributed by atoms with Crippen LogP contribution in [0.5, 0.6) is 0 Å². The highest BCUT2D eigenvalue weighted by Crippen LogP contribution is 2.40. The molecular weight excluding hydrogens is 303 g/mol. The predicted molar refractivity (Wildman–Crippen MR) is 73.3 cm³/mol. The highest BCUT2D eigenvalue weighted by Gasteiger charge is 2.37. The van der Waals surface area contributed by atoms with Crippen molar-refractivity contribution in [1.82, 2.24) is 0 Å². The smallest absolute Gasteiger partial charge is 0.289 e. The zero-order valence-electron chi connectivity index (χ0n) is 12.8. The Bertz CT molecular complexity index is 388. The van der Waals surface area contributed by atoms with Crippen molar-refractivity contribution in [3.63, 3.8) is 0 Å². The topological polar surface area (TPSA) is 9.23 Å². The third-order valence-electron chi connectivity index (χ3n) is 4.94. The molecule has 2 aliphatic carbocycles. The van der Waals surface area contributed by atoms with Gasteiger partial charge in [0, 0.05) is 11.8 Å². The van der Waals surface area contributed by atoms with Crippen LogP contribution >= 0.6 is 0 Å². The normalized spacial score (nSPS) is 35.2. The van der Waals surface area contributed by atoms with Crippen LogP contribution in [0.3, 0.4) is 0 Å². The first-order valence-electron chi connectivity index (χ1n) is 8.06. The van der Waals surface area contributed by atoms with Gasteiger partial charge in [-0.15, -0.1) is 13.2 Å². The number of rotatable bonds is 3. The summed E-state index contributed by atoms with van der Waals surface area (Å²) in [6.45, 7) is 2.11. The van der Waals surface area contributed by atoms with Gasteiger partial charge >= 0.3 is 6.36 Å². The molecule has 2 rings (SSSR count). The van der Waals surface area contributed by atoms with Gasteiger partial charge in [-0.2, -0.15) is 0 Å². The van der Waals surface area contributed by atoms with E-state index in [0.717, 1.165) is 12.8 Å². The van der Waals surface area contributed by atoms with Crippen molar-refractivity contribution in [2.24, 2.45) is 17.8 Å². The summed E-state index contributed by atoms with van der Waals surface area (Å²) in [5.74, 6) is -1.77. The van der Waals surface area contributed by atoms with Crippen molar-refractivity contribution in [1.29, 1.82) is 0 Å². The van der Waals surface area contributed by atoms with Crippen LogP contribution in [0.4, 0.5) is 22.0 Å². The zero-order valence-corrected chi connectivity index (χ0v) is 12.8. The molecule has 0 amide bonds. The summed E-state index contributed by atoms with van der Waals surface area (Å²) < 4.78 is 68.9. The molecule has 2 fully saturated rings. The van der Waals surface area contributed by atoms with Crippen molar-refractivity contribution in [3.05, 3.63) is 11.7 Å². The molecule has 6 heteroatoms. The molecule has 2 aliphatic rings. The van der Waals surface area contributed by atoms with Crippen LogP contribution in [0, 0.1) is 17.8 Å². The van der Waals surface area contributed by atoms with Gasteiger partial charge in [-0.25, -0.2) is 8.78 Å². The van der Waals surface area contributed by atoms with Gasteiger partial charge < -0.3 is 0 Å². The molecule has 0 aliphatic heterocycles. The average molecular weight is 326 g/mol. The Labute approximate surface area is 127 Å². The summed E-state index contributed by atoms with van der Waals surface area (Å²) in [4.78, 5) is 0. The minimum Gasteiger partial charge on any atom is -0.289 e. The summed E-state index contributed by atoms with van der Waals surface area (Å²) in [7, 11) is 0. The lowest BCUT2D eigenvalue weighted by Crippen LogP contribution is -2.28. The molecule has 0 N–H and O–H groups in total. The van der Waals surface area contributed by atoms with Gasteiger partial charge in [0.05, 0.1) is 6.10 Å². The fourth-order valence-electron chi connectivity index (χ4n) is 3.53. The third kappa shape index (κ3) is 4.93. The number of ether oxygens (including phenoxy) is 1. The SMILES string of the molecule is CC1CCC(/C(F)=C(\F)C2CCC(OC(F)(F)F)CC2)CC1. The second kappa shape index (κ2) is 7.28. The van der Waals surface area contributed by atoms with Gasteiger partial charge in [0.15, 0.2) is 0 Å². The molecule has 22 heavy (non-hydrogen) atoms. The van der Waals surface area contributed by atoms with Crippen LogP contribution < -0.4 is 0 Å². The number of hydrogen-bond donors (Lipinski definition) is 0. The quantitative estimate of drug-likeness (QED) is 0.573. The van der Waals surface area contributed by atoms with Crippen LogP contribution in [-0.4, -0.2) is 12.5 Å². The molecule has 0 spiro atoms. The first-order valence-corrected chi connectivity index (χ1v) is 8.06. The Hall–Kier alpha value is -0.650. The summed E-state index contributed by atoms with van der Waals surface area (Å²) in [6, 6.07) is 0. The van der Waals surface area contributed by atoms with Gasteiger partial charge in [0.1, 0.15) is 11.7 Å². The molecule has 0 heterocycles. The molecule has 0 bridgehead atoms. The average Bonchev–Trinajstić information content (AvgIpc) is 2.46. The van der Waals surface area contributed by atoms with Crippen molar-refractivity contribution >= 4 is 0 Å². The Kier molecular flexibility index (Phi) is 5.86. The van der Waals surface area contributed by atoms with Crippen LogP contribution in [0.15, 0.2) is 11.7 Å². The fourth-order valence-corrected chi connectivity index (χ4v) is 3.53. The molecule has 0 saturated heterocycles. The maximum absolute atomic E-state index is 14.3. The van der Waals surface area contributed by atoms with E-state index in [1.54, 1.807) is 0 Å². The van der Waals surface area contributed by atoms with Gasteiger partial charge in [-0.1, -0.05) is 19.8 Å². The van der Waals surface area contributed by atoms with E-state index in [-0.39, 0.29) is 31.6 Å². The summed E-state index contributed by atoms with van der Waals surface area (Å²) >= 11 is 0. The van der Waals surface area contributed by atoms with Gasteiger partial charge in [0.2, 0.25) is 0 Å². The molecule has 0 aromatic heterocycles. The Morgan fingerprint density at radius 1 is 0.773 bits per heavy atom. The van der Waals surface area contributed by atoms with E-state index >= 15 is 0 Å². The minimum absolute atomic E-state index is 0.118. The highest BCUT2D eigenvalue weighted by atomic mass is 19.4. The van der Waals surface area contributed by atoms with E-state index in [1.807, 2.05) is 0 Å². The molecule has 0 atom stereocenters. The maximum atomic E-state index is 14.3. The second-order valence-corrected chi connectivity index (χ2v) is 6.69. The van der Waals surface area contributed by atoms with Gasteiger partial charge in [-0.3, -0.25) is 4.74 Å². The van der Waals surface area contributed by atoms with E-state index in [1.165, 1.54) is 0 Å². The first-order chi connectivity index (χ1) is 10.3. The number of allylic oxidation sites excluding steroid dienone is 2. The van der Waals surface area contributed by atoms with Gasteiger partial charge in [0.25, 0.3) is 0 Å². The molecule has 2 saturated carbocycles.